The van der Waals surface area contributed by atoms with Gasteiger partial charge in [0.25, 0.3) is 11.8 Å². The van der Waals surface area contributed by atoms with Gasteiger partial charge in [0.15, 0.2) is 6.17 Å². The summed E-state index contributed by atoms with van der Waals surface area (Å²) in [5.41, 5.74) is 1.92. The Morgan fingerprint density at radius 3 is 3.04 bits per heavy atom. The molecule has 0 N–H and O–H groups in total. The Balaban J connectivity index is 1.60. The Labute approximate surface area is 152 Å². The monoisotopic (exact) mass is 373 g/mol. The second-order valence-electron chi connectivity index (χ2n) is 6.21. The van der Waals surface area contributed by atoms with Gasteiger partial charge < -0.3 is 9.32 Å². The molecule has 9 heteroatoms. The molecule has 0 fully saturated rings. The van der Waals surface area contributed by atoms with E-state index in [0.29, 0.717) is 17.8 Å². The molecule has 3 aromatic heterocycles. The molecule has 0 spiro atoms. The Morgan fingerprint density at radius 1 is 1.42 bits per heavy atom. The summed E-state index contributed by atoms with van der Waals surface area (Å²) >= 11 is 1.34. The number of hydrogen-bond donors (Lipinski definition) is 0. The van der Waals surface area contributed by atoms with Gasteiger partial charge in [-0.1, -0.05) is 6.92 Å². The van der Waals surface area contributed by atoms with Crippen LogP contribution >= 0.6 is 11.3 Å². The lowest BCUT2D eigenvalue weighted by molar-refractivity contribution is -0.122. The number of amides is 1. The van der Waals surface area contributed by atoms with Crippen molar-refractivity contribution in [3.05, 3.63) is 41.1 Å². The molecule has 0 aromatic carbocycles. The van der Waals surface area contributed by atoms with Crippen molar-refractivity contribution in [1.82, 2.24) is 20.2 Å². The first-order valence-electron chi connectivity index (χ1n) is 8.19. The lowest BCUT2D eigenvalue weighted by Gasteiger charge is -2.31. The van der Waals surface area contributed by atoms with Gasteiger partial charge in [-0.15, -0.1) is 21.5 Å². The highest BCUT2D eigenvalue weighted by Crippen LogP contribution is 2.33. The van der Waals surface area contributed by atoms with E-state index in [1.807, 2.05) is 13.0 Å². The number of halogens is 1. The number of fused-ring (bicyclic) bond motifs is 1. The van der Waals surface area contributed by atoms with Crippen molar-refractivity contribution in [2.75, 3.05) is 4.90 Å². The molecule has 1 aliphatic rings. The molecule has 0 saturated carbocycles. The van der Waals surface area contributed by atoms with E-state index < -0.39 is 6.17 Å². The molecule has 3 aromatic rings. The fourth-order valence-electron chi connectivity index (χ4n) is 2.91. The summed E-state index contributed by atoms with van der Waals surface area (Å²) in [6.07, 6.45) is 4.44. The number of rotatable bonds is 4. The van der Waals surface area contributed by atoms with E-state index in [-0.39, 0.29) is 23.6 Å². The molecule has 134 valence electrons. The predicted molar refractivity (Wildman–Crippen MR) is 93.2 cm³/mol. The van der Waals surface area contributed by atoms with Crippen LogP contribution < -0.4 is 4.90 Å². The highest BCUT2D eigenvalue weighted by atomic mass is 32.1. The second kappa shape index (κ2) is 6.56. The molecule has 0 saturated heterocycles. The van der Waals surface area contributed by atoms with Crippen LogP contribution in [0.15, 0.2) is 29.1 Å². The van der Waals surface area contributed by atoms with Crippen LogP contribution in [-0.4, -0.2) is 26.1 Å². The van der Waals surface area contributed by atoms with E-state index in [4.69, 9.17) is 4.42 Å². The molecule has 0 bridgehead atoms. The second-order valence-corrected chi connectivity index (χ2v) is 7.33. The highest BCUT2D eigenvalue weighted by molar-refractivity contribution is 7.15. The molecule has 1 aliphatic heterocycles. The minimum atomic E-state index is -1.32. The summed E-state index contributed by atoms with van der Waals surface area (Å²) in [5.74, 6) is 0.131. The van der Waals surface area contributed by atoms with E-state index >= 15 is 0 Å². The summed E-state index contributed by atoms with van der Waals surface area (Å²) in [7, 11) is 0. The number of hydrogen-bond acceptors (Lipinski definition) is 7. The number of nitrogens with zero attached hydrogens (tertiary/aromatic N) is 5. The van der Waals surface area contributed by atoms with Gasteiger partial charge in [-0.05, 0) is 25.0 Å². The van der Waals surface area contributed by atoms with Crippen molar-refractivity contribution in [3.63, 3.8) is 0 Å². The smallest absolute Gasteiger partial charge is 0.259 e. The Kier molecular flexibility index (Phi) is 4.23. The van der Waals surface area contributed by atoms with E-state index in [1.165, 1.54) is 18.3 Å². The Bertz CT molecular complexity index is 954. The molecule has 0 radical (unpaired) electrons. The van der Waals surface area contributed by atoms with Crippen molar-refractivity contribution in [1.29, 1.82) is 0 Å². The number of alkyl halides is 1. The van der Waals surface area contributed by atoms with E-state index in [1.54, 1.807) is 23.5 Å². The van der Waals surface area contributed by atoms with Crippen LogP contribution in [-0.2, 0) is 17.8 Å². The van der Waals surface area contributed by atoms with Crippen LogP contribution in [0.25, 0.3) is 10.8 Å². The Hall–Kier alpha value is -2.68. The lowest BCUT2D eigenvalue weighted by Crippen LogP contribution is -2.39. The van der Waals surface area contributed by atoms with Crippen molar-refractivity contribution in [2.45, 2.75) is 33.0 Å². The quantitative estimate of drug-likeness (QED) is 0.697. The topological polar surface area (TPSA) is 85.0 Å². The maximum Gasteiger partial charge on any atom is 0.259 e. The van der Waals surface area contributed by atoms with Crippen LogP contribution in [0.4, 0.5) is 10.1 Å². The maximum absolute atomic E-state index is 13.2. The third-order valence-corrected chi connectivity index (χ3v) is 5.20. The number of aromatic nitrogens is 4. The zero-order valence-corrected chi connectivity index (χ0v) is 15.0. The molecular weight excluding hydrogens is 357 g/mol. The molecular formula is C17H16FN5O2S. The molecule has 2 atom stereocenters. The average molecular weight is 373 g/mol. The summed E-state index contributed by atoms with van der Waals surface area (Å²) in [5, 5.41) is 8.26. The van der Waals surface area contributed by atoms with Gasteiger partial charge in [-0.2, -0.15) is 0 Å². The van der Waals surface area contributed by atoms with Gasteiger partial charge >= 0.3 is 0 Å². The molecule has 1 amide bonds. The molecule has 1 unspecified atom stereocenters. The van der Waals surface area contributed by atoms with Crippen LogP contribution in [0, 0.1) is 5.92 Å². The number of thiazole rings is 1. The zero-order valence-electron chi connectivity index (χ0n) is 14.2. The fourth-order valence-corrected chi connectivity index (χ4v) is 3.74. The first kappa shape index (κ1) is 16.8. The summed E-state index contributed by atoms with van der Waals surface area (Å²) in [6, 6.07) is 1.94. The van der Waals surface area contributed by atoms with Gasteiger partial charge in [0.05, 0.1) is 24.6 Å². The van der Waals surface area contributed by atoms with Gasteiger partial charge in [0.2, 0.25) is 5.91 Å². The van der Waals surface area contributed by atoms with Crippen LogP contribution in [0.2, 0.25) is 0 Å². The van der Waals surface area contributed by atoms with Gasteiger partial charge in [0.1, 0.15) is 9.88 Å². The minimum Gasteiger partial charge on any atom is -0.417 e. The minimum absolute atomic E-state index is 0.0496. The van der Waals surface area contributed by atoms with Gasteiger partial charge in [-0.25, -0.2) is 9.37 Å². The molecule has 4 rings (SSSR count). The maximum atomic E-state index is 13.2. The average Bonchev–Trinajstić information content (AvgIpc) is 3.28. The van der Waals surface area contributed by atoms with Crippen molar-refractivity contribution in [2.24, 2.45) is 5.92 Å². The lowest BCUT2D eigenvalue weighted by atomic mass is 9.94. The zero-order chi connectivity index (χ0) is 18.3. The third kappa shape index (κ3) is 2.98. The van der Waals surface area contributed by atoms with E-state index in [9.17, 15) is 9.18 Å². The highest BCUT2D eigenvalue weighted by Gasteiger charge is 2.30. The molecule has 7 nitrogen and oxygen atoms in total. The van der Waals surface area contributed by atoms with E-state index in [2.05, 4.69) is 20.2 Å². The molecule has 0 aliphatic carbocycles. The van der Waals surface area contributed by atoms with Crippen molar-refractivity contribution in [3.8, 4) is 10.8 Å². The first-order chi connectivity index (χ1) is 12.5. The van der Waals surface area contributed by atoms with Crippen LogP contribution in [0.3, 0.4) is 0 Å². The molecule has 4 heterocycles. The Morgan fingerprint density at radius 2 is 2.27 bits per heavy atom. The van der Waals surface area contributed by atoms with Crippen molar-refractivity contribution >= 4 is 22.9 Å². The van der Waals surface area contributed by atoms with E-state index in [0.717, 1.165) is 16.3 Å². The van der Waals surface area contributed by atoms with Crippen LogP contribution in [0.5, 0.6) is 0 Å². The third-order valence-electron chi connectivity index (χ3n) is 4.23. The summed E-state index contributed by atoms with van der Waals surface area (Å²) in [4.78, 5) is 23.5. The standard InChI is InChI=1S/C17H16FN5O2S/c1-9-5-11-3-4-19-6-12(11)23(17(9)24)8-14-20-7-13(26-14)16-22-21-15(25-16)10(2)18/h3-4,6-7,9-10H,5,8H2,1-2H3/t9-,10?/m1/s1. The number of pyridine rings is 1. The van der Waals surface area contributed by atoms with Gasteiger partial charge in [-0.3, -0.25) is 9.78 Å². The summed E-state index contributed by atoms with van der Waals surface area (Å²) < 4.78 is 18.6. The number of carbonyl (C=O) groups is 1. The largest absolute Gasteiger partial charge is 0.417 e. The van der Waals surface area contributed by atoms with Crippen molar-refractivity contribution < 1.29 is 13.6 Å². The number of anilines is 1. The first-order valence-corrected chi connectivity index (χ1v) is 9.01. The SMILES string of the molecule is CC(F)c1nnc(-c2cnc(CN3C(=O)[C@H](C)Cc4ccncc43)s2)o1. The fraction of sp³-hybridized carbons (Fsp3) is 0.353. The van der Waals surface area contributed by atoms with Gasteiger partial charge in [0, 0.05) is 12.1 Å². The summed E-state index contributed by atoms with van der Waals surface area (Å²) in [6.45, 7) is 3.60. The molecule has 26 heavy (non-hydrogen) atoms. The predicted octanol–water partition coefficient (Wildman–Crippen LogP) is 3.34. The normalized spacial score (nSPS) is 18.0. The van der Waals surface area contributed by atoms with Crippen LogP contribution in [0.1, 0.15) is 36.5 Å². The number of carbonyl (C=O) groups excluding carboxylic acids is 1.